The molecule has 25 heavy (non-hydrogen) atoms. The van der Waals surface area contributed by atoms with E-state index in [1.54, 1.807) is 17.1 Å². The van der Waals surface area contributed by atoms with Crippen molar-refractivity contribution in [3.05, 3.63) is 70.9 Å². The molecule has 0 aliphatic heterocycles. The van der Waals surface area contributed by atoms with E-state index in [1.807, 2.05) is 32.0 Å². The zero-order valence-electron chi connectivity index (χ0n) is 14.7. The van der Waals surface area contributed by atoms with Gasteiger partial charge < -0.3 is 5.32 Å². The second-order valence-electron chi connectivity index (χ2n) is 6.01. The van der Waals surface area contributed by atoms with Gasteiger partial charge in [0.1, 0.15) is 11.6 Å². The van der Waals surface area contributed by atoms with Gasteiger partial charge in [0.15, 0.2) is 0 Å². The van der Waals surface area contributed by atoms with Crippen LogP contribution in [0.5, 0.6) is 0 Å². The molecule has 0 saturated heterocycles. The highest BCUT2D eigenvalue weighted by Crippen LogP contribution is 2.15. The Hall–Kier alpha value is -3.02. The first-order valence-electron chi connectivity index (χ1n) is 8.27. The zero-order chi connectivity index (χ0) is 17.8. The molecule has 0 atom stereocenters. The minimum atomic E-state index is -0.243. The predicted octanol–water partition coefficient (Wildman–Crippen LogP) is 3.15. The maximum atomic E-state index is 12.4. The van der Waals surface area contributed by atoms with Crippen molar-refractivity contribution in [2.24, 2.45) is 0 Å². The SMILES string of the molecule is CCc1ncc(C(=O)Nc2cc(C)nn2Cc2cccc(C)c2)cn1. The zero-order valence-corrected chi connectivity index (χ0v) is 14.7. The highest BCUT2D eigenvalue weighted by atomic mass is 16.1. The van der Waals surface area contributed by atoms with Crippen LogP contribution in [-0.4, -0.2) is 25.7 Å². The number of nitrogens with zero attached hydrogens (tertiary/aromatic N) is 4. The van der Waals surface area contributed by atoms with E-state index in [0.29, 0.717) is 17.9 Å². The quantitative estimate of drug-likeness (QED) is 0.777. The predicted molar refractivity (Wildman–Crippen MR) is 96.6 cm³/mol. The van der Waals surface area contributed by atoms with Crippen molar-refractivity contribution in [2.75, 3.05) is 5.32 Å². The van der Waals surface area contributed by atoms with Crippen LogP contribution in [-0.2, 0) is 13.0 Å². The molecule has 3 aromatic rings. The van der Waals surface area contributed by atoms with Gasteiger partial charge in [-0.25, -0.2) is 14.6 Å². The minimum Gasteiger partial charge on any atom is -0.307 e. The van der Waals surface area contributed by atoms with E-state index in [0.717, 1.165) is 23.5 Å². The molecular weight excluding hydrogens is 314 g/mol. The number of nitrogens with one attached hydrogen (secondary N) is 1. The summed E-state index contributed by atoms with van der Waals surface area (Å²) >= 11 is 0. The molecule has 0 saturated carbocycles. The number of aryl methyl sites for hydroxylation is 3. The fourth-order valence-corrected chi connectivity index (χ4v) is 2.59. The number of benzene rings is 1. The number of anilines is 1. The average Bonchev–Trinajstić information content (AvgIpc) is 2.94. The van der Waals surface area contributed by atoms with Crippen LogP contribution in [0.25, 0.3) is 0 Å². The standard InChI is InChI=1S/C19H21N5O/c1-4-17-20-10-16(11-21-17)19(25)22-18-9-14(3)23-24(18)12-15-7-5-6-13(2)8-15/h5-11H,4,12H2,1-3H3,(H,22,25). The molecule has 0 aliphatic rings. The maximum absolute atomic E-state index is 12.4. The van der Waals surface area contributed by atoms with Crippen molar-refractivity contribution in [1.29, 1.82) is 0 Å². The van der Waals surface area contributed by atoms with Crippen LogP contribution in [0.2, 0.25) is 0 Å². The highest BCUT2D eigenvalue weighted by molar-refractivity contribution is 6.03. The fourth-order valence-electron chi connectivity index (χ4n) is 2.59. The van der Waals surface area contributed by atoms with E-state index in [2.05, 4.69) is 39.4 Å². The number of amides is 1. The maximum Gasteiger partial charge on any atom is 0.259 e. The largest absolute Gasteiger partial charge is 0.307 e. The molecule has 128 valence electrons. The third-order valence-electron chi connectivity index (χ3n) is 3.84. The molecule has 6 heteroatoms. The molecule has 2 aromatic heterocycles. The molecule has 2 heterocycles. The van der Waals surface area contributed by atoms with E-state index in [9.17, 15) is 4.79 Å². The van der Waals surface area contributed by atoms with E-state index >= 15 is 0 Å². The Labute approximate surface area is 146 Å². The van der Waals surface area contributed by atoms with Gasteiger partial charge in [-0.05, 0) is 19.4 Å². The monoisotopic (exact) mass is 335 g/mol. The lowest BCUT2D eigenvalue weighted by Gasteiger charge is -2.09. The molecule has 1 aromatic carbocycles. The number of hydrogen-bond donors (Lipinski definition) is 1. The van der Waals surface area contributed by atoms with Crippen LogP contribution < -0.4 is 5.32 Å². The van der Waals surface area contributed by atoms with E-state index in [-0.39, 0.29) is 5.91 Å². The third kappa shape index (κ3) is 4.09. The summed E-state index contributed by atoms with van der Waals surface area (Å²) in [7, 11) is 0. The lowest BCUT2D eigenvalue weighted by molar-refractivity contribution is 0.102. The average molecular weight is 335 g/mol. The molecule has 0 unspecified atom stereocenters. The number of hydrogen-bond acceptors (Lipinski definition) is 4. The van der Waals surface area contributed by atoms with Crippen molar-refractivity contribution >= 4 is 11.7 Å². The summed E-state index contributed by atoms with van der Waals surface area (Å²) < 4.78 is 1.79. The van der Waals surface area contributed by atoms with Gasteiger partial charge in [0.2, 0.25) is 0 Å². The Morgan fingerprint density at radius 2 is 1.92 bits per heavy atom. The Kier molecular flexibility index (Phi) is 4.88. The molecule has 3 rings (SSSR count). The van der Waals surface area contributed by atoms with Crippen molar-refractivity contribution < 1.29 is 4.79 Å². The summed E-state index contributed by atoms with van der Waals surface area (Å²) in [5, 5.41) is 7.38. The van der Waals surface area contributed by atoms with Gasteiger partial charge in [-0.1, -0.05) is 36.8 Å². The van der Waals surface area contributed by atoms with Gasteiger partial charge in [-0.2, -0.15) is 5.10 Å². The van der Waals surface area contributed by atoms with Crippen LogP contribution in [0.15, 0.2) is 42.7 Å². The van der Waals surface area contributed by atoms with Crippen molar-refractivity contribution in [3.63, 3.8) is 0 Å². The highest BCUT2D eigenvalue weighted by Gasteiger charge is 2.12. The van der Waals surface area contributed by atoms with Gasteiger partial charge in [0.05, 0.1) is 17.8 Å². The van der Waals surface area contributed by atoms with E-state index < -0.39 is 0 Å². The summed E-state index contributed by atoms with van der Waals surface area (Å²) in [6, 6.07) is 10.1. The third-order valence-corrected chi connectivity index (χ3v) is 3.84. The first kappa shape index (κ1) is 16.8. The molecule has 0 aliphatic carbocycles. The number of rotatable bonds is 5. The smallest absolute Gasteiger partial charge is 0.259 e. The molecule has 0 radical (unpaired) electrons. The lowest BCUT2D eigenvalue weighted by Crippen LogP contribution is -2.17. The normalized spacial score (nSPS) is 10.7. The van der Waals surface area contributed by atoms with Gasteiger partial charge in [-0.15, -0.1) is 0 Å². The summed E-state index contributed by atoms with van der Waals surface area (Å²) in [6.07, 6.45) is 3.84. The Morgan fingerprint density at radius 3 is 2.60 bits per heavy atom. The molecule has 0 bridgehead atoms. The summed E-state index contributed by atoms with van der Waals surface area (Å²) in [5.41, 5.74) is 3.60. The van der Waals surface area contributed by atoms with Crippen molar-refractivity contribution in [1.82, 2.24) is 19.7 Å². The molecule has 6 nitrogen and oxygen atoms in total. The van der Waals surface area contributed by atoms with Crippen molar-refractivity contribution in [2.45, 2.75) is 33.7 Å². The summed E-state index contributed by atoms with van der Waals surface area (Å²) in [6.45, 7) is 6.53. The second-order valence-corrected chi connectivity index (χ2v) is 6.01. The van der Waals surface area contributed by atoms with Gasteiger partial charge >= 0.3 is 0 Å². The number of carbonyl (C=O) groups excluding carboxylic acids is 1. The van der Waals surface area contributed by atoms with Crippen LogP contribution in [0.3, 0.4) is 0 Å². The lowest BCUT2D eigenvalue weighted by atomic mass is 10.1. The number of carbonyl (C=O) groups is 1. The Morgan fingerprint density at radius 1 is 1.16 bits per heavy atom. The molecule has 0 fully saturated rings. The first-order chi connectivity index (χ1) is 12.0. The van der Waals surface area contributed by atoms with Gasteiger partial charge in [0.25, 0.3) is 5.91 Å². The molecule has 0 spiro atoms. The van der Waals surface area contributed by atoms with Crippen LogP contribution >= 0.6 is 0 Å². The molecular formula is C19H21N5O. The van der Waals surface area contributed by atoms with Crippen LogP contribution in [0.4, 0.5) is 5.82 Å². The van der Waals surface area contributed by atoms with Gasteiger partial charge in [-0.3, -0.25) is 4.79 Å². The second kappa shape index (κ2) is 7.25. The number of aromatic nitrogens is 4. The van der Waals surface area contributed by atoms with Crippen LogP contribution in [0.1, 0.15) is 39.9 Å². The first-order valence-corrected chi connectivity index (χ1v) is 8.27. The fraction of sp³-hybridized carbons (Fsp3) is 0.263. The molecule has 1 N–H and O–H groups in total. The van der Waals surface area contributed by atoms with Gasteiger partial charge in [0, 0.05) is 24.9 Å². The van der Waals surface area contributed by atoms with E-state index in [1.165, 1.54) is 5.56 Å². The van der Waals surface area contributed by atoms with Crippen LogP contribution in [0, 0.1) is 13.8 Å². The van der Waals surface area contributed by atoms with E-state index in [4.69, 9.17) is 0 Å². The molecule has 1 amide bonds. The summed E-state index contributed by atoms with van der Waals surface area (Å²) in [5.74, 6) is 1.13. The topological polar surface area (TPSA) is 72.7 Å². The Bertz CT molecular complexity index is 883. The summed E-state index contributed by atoms with van der Waals surface area (Å²) in [4.78, 5) is 20.8. The Balaban J connectivity index is 1.79. The minimum absolute atomic E-state index is 0.243. The van der Waals surface area contributed by atoms with Crippen molar-refractivity contribution in [3.8, 4) is 0 Å².